The molecule has 112 valence electrons. The molecule has 0 radical (unpaired) electrons. The van der Waals surface area contributed by atoms with Crippen LogP contribution in [-0.4, -0.2) is 20.5 Å². The van der Waals surface area contributed by atoms with E-state index >= 15 is 0 Å². The molecule has 0 aliphatic heterocycles. The first-order valence-electron chi connectivity index (χ1n) is 6.24. The van der Waals surface area contributed by atoms with Crippen molar-refractivity contribution >= 4 is 46.4 Å². The van der Waals surface area contributed by atoms with Gasteiger partial charge in [0.2, 0.25) is 3.79 Å². The maximum Gasteiger partial charge on any atom is 0.335 e. The van der Waals surface area contributed by atoms with Crippen molar-refractivity contribution in [2.75, 3.05) is 0 Å². The lowest BCUT2D eigenvalue weighted by Gasteiger charge is -2.10. The number of hydrogen-bond acceptors (Lipinski definition) is 2. The number of rotatable bonds is 2. The molecule has 3 rings (SSSR count). The number of carboxylic acid groups (broad SMARTS) is 1. The van der Waals surface area contributed by atoms with Crippen LogP contribution in [0.3, 0.4) is 0 Å². The summed E-state index contributed by atoms with van der Waals surface area (Å²) in [5.41, 5.74) is 2.87. The van der Waals surface area contributed by atoms with E-state index in [1.807, 2.05) is 6.20 Å². The third kappa shape index (κ3) is 2.90. The summed E-state index contributed by atoms with van der Waals surface area (Å²) in [5.74, 6) is -0.987. The van der Waals surface area contributed by atoms with Crippen molar-refractivity contribution in [2.45, 2.75) is 3.79 Å². The minimum absolute atomic E-state index is 0.191. The Morgan fingerprint density at radius 3 is 2.41 bits per heavy atom. The molecule has 2 heterocycles. The number of pyridine rings is 1. The molecule has 0 unspecified atom stereocenters. The van der Waals surface area contributed by atoms with Crippen LogP contribution in [-0.2, 0) is 3.79 Å². The van der Waals surface area contributed by atoms with Gasteiger partial charge in [0.25, 0.3) is 0 Å². The van der Waals surface area contributed by atoms with E-state index in [1.165, 1.54) is 12.1 Å². The molecule has 2 aromatic heterocycles. The van der Waals surface area contributed by atoms with Gasteiger partial charge in [-0.1, -0.05) is 59.1 Å². The Morgan fingerprint density at radius 2 is 1.82 bits per heavy atom. The van der Waals surface area contributed by atoms with Crippen LogP contribution in [0.5, 0.6) is 0 Å². The van der Waals surface area contributed by atoms with Crippen LogP contribution in [0.1, 0.15) is 15.9 Å². The van der Waals surface area contributed by atoms with Gasteiger partial charge in [-0.15, -0.1) is 0 Å². The summed E-state index contributed by atoms with van der Waals surface area (Å²) < 4.78 is 0.290. The number of carboxylic acids is 1. The minimum atomic E-state index is -1.46. The standard InChI is InChI=1S/C15H9Cl3N2O2/c16-15(17,18)11-3-1-9(2-4-11)12-8-20-6-5-10(14(21)22)7-13(20)19-12/h1-8H,(H,21,22). The molecule has 4 nitrogen and oxygen atoms in total. The fourth-order valence-electron chi connectivity index (χ4n) is 2.08. The Kier molecular flexibility index (Phi) is 3.77. The topological polar surface area (TPSA) is 54.6 Å². The molecule has 1 aromatic carbocycles. The molecule has 22 heavy (non-hydrogen) atoms. The van der Waals surface area contributed by atoms with E-state index in [4.69, 9.17) is 39.9 Å². The number of fused-ring (bicyclic) bond motifs is 1. The number of hydrogen-bond donors (Lipinski definition) is 1. The van der Waals surface area contributed by atoms with E-state index in [2.05, 4.69) is 4.98 Å². The van der Waals surface area contributed by atoms with Crippen LogP contribution in [0, 0.1) is 0 Å². The summed E-state index contributed by atoms with van der Waals surface area (Å²) in [4.78, 5) is 15.4. The maximum atomic E-state index is 11.0. The fraction of sp³-hybridized carbons (Fsp3) is 0.0667. The molecule has 7 heteroatoms. The zero-order valence-corrected chi connectivity index (χ0v) is 13.3. The first-order valence-corrected chi connectivity index (χ1v) is 7.38. The summed E-state index contributed by atoms with van der Waals surface area (Å²) >= 11 is 17.5. The molecule has 1 N–H and O–H groups in total. The molecule has 3 aromatic rings. The van der Waals surface area contributed by atoms with Gasteiger partial charge in [-0.05, 0) is 12.1 Å². The second-order valence-electron chi connectivity index (χ2n) is 4.69. The van der Waals surface area contributed by atoms with Crippen LogP contribution in [0.15, 0.2) is 48.8 Å². The van der Waals surface area contributed by atoms with Gasteiger partial charge in [0.15, 0.2) is 0 Å². The van der Waals surface area contributed by atoms with Gasteiger partial charge >= 0.3 is 5.97 Å². The number of benzene rings is 1. The van der Waals surface area contributed by atoms with E-state index in [0.29, 0.717) is 16.9 Å². The fourth-order valence-corrected chi connectivity index (χ4v) is 2.46. The number of carbonyl (C=O) groups is 1. The third-order valence-electron chi connectivity index (χ3n) is 3.22. The highest BCUT2D eigenvalue weighted by Gasteiger charge is 2.22. The zero-order valence-electron chi connectivity index (χ0n) is 11.0. The summed E-state index contributed by atoms with van der Waals surface area (Å²) in [6.07, 6.45) is 3.47. The zero-order chi connectivity index (χ0) is 15.9. The third-order valence-corrected chi connectivity index (χ3v) is 3.87. The van der Waals surface area contributed by atoms with Gasteiger partial charge in [-0.3, -0.25) is 0 Å². The highest BCUT2D eigenvalue weighted by Crippen LogP contribution is 2.38. The van der Waals surface area contributed by atoms with Crippen molar-refractivity contribution in [3.05, 3.63) is 59.9 Å². The smallest absolute Gasteiger partial charge is 0.335 e. The molecule has 0 bridgehead atoms. The van der Waals surface area contributed by atoms with Crippen molar-refractivity contribution in [1.82, 2.24) is 9.38 Å². The van der Waals surface area contributed by atoms with Gasteiger partial charge < -0.3 is 9.51 Å². The maximum absolute atomic E-state index is 11.0. The van der Waals surface area contributed by atoms with E-state index in [1.54, 1.807) is 34.9 Å². The summed E-state index contributed by atoms with van der Waals surface area (Å²) in [6.45, 7) is 0. The highest BCUT2D eigenvalue weighted by molar-refractivity contribution is 6.66. The Hall–Kier alpha value is -1.75. The number of halogens is 3. The molecule has 0 atom stereocenters. The van der Waals surface area contributed by atoms with Crippen molar-refractivity contribution in [3.8, 4) is 11.3 Å². The van der Waals surface area contributed by atoms with Crippen LogP contribution in [0.25, 0.3) is 16.9 Å². The molecular formula is C15H9Cl3N2O2. The van der Waals surface area contributed by atoms with Crippen molar-refractivity contribution < 1.29 is 9.90 Å². The molecule has 0 spiro atoms. The average molecular weight is 356 g/mol. The molecular weight excluding hydrogens is 347 g/mol. The number of alkyl halides is 3. The monoisotopic (exact) mass is 354 g/mol. The lowest BCUT2D eigenvalue weighted by Crippen LogP contribution is -1.98. The van der Waals surface area contributed by atoms with Crippen LogP contribution in [0.4, 0.5) is 0 Å². The molecule has 0 saturated heterocycles. The Morgan fingerprint density at radius 1 is 1.14 bits per heavy atom. The van der Waals surface area contributed by atoms with Crippen LogP contribution < -0.4 is 0 Å². The molecule has 0 saturated carbocycles. The number of aromatic carboxylic acids is 1. The lowest BCUT2D eigenvalue weighted by atomic mass is 10.1. The second kappa shape index (κ2) is 5.47. The van der Waals surface area contributed by atoms with Crippen molar-refractivity contribution in [1.29, 1.82) is 0 Å². The predicted molar refractivity (Wildman–Crippen MR) is 86.8 cm³/mol. The SMILES string of the molecule is O=C(O)c1ccn2cc(-c3ccc(C(Cl)(Cl)Cl)cc3)nc2c1. The van der Waals surface area contributed by atoms with Crippen molar-refractivity contribution in [3.63, 3.8) is 0 Å². The lowest BCUT2D eigenvalue weighted by molar-refractivity contribution is 0.0697. The van der Waals surface area contributed by atoms with Gasteiger partial charge in [0.05, 0.1) is 11.3 Å². The quantitative estimate of drug-likeness (QED) is 0.687. The van der Waals surface area contributed by atoms with E-state index in [9.17, 15) is 4.79 Å². The number of imidazole rings is 1. The minimum Gasteiger partial charge on any atom is -0.478 e. The highest BCUT2D eigenvalue weighted by atomic mass is 35.6. The largest absolute Gasteiger partial charge is 0.478 e. The molecule has 0 fully saturated rings. The second-order valence-corrected chi connectivity index (χ2v) is 6.97. The Bertz CT molecular complexity index is 851. The summed E-state index contributed by atoms with van der Waals surface area (Å²) in [7, 11) is 0. The van der Waals surface area contributed by atoms with E-state index < -0.39 is 9.76 Å². The first-order chi connectivity index (χ1) is 10.3. The molecule has 0 amide bonds. The molecule has 0 aliphatic carbocycles. The van der Waals surface area contributed by atoms with Gasteiger partial charge in [0.1, 0.15) is 5.65 Å². The number of aromatic nitrogens is 2. The summed E-state index contributed by atoms with van der Waals surface area (Å²) in [5, 5.41) is 9.00. The summed E-state index contributed by atoms with van der Waals surface area (Å²) in [6, 6.07) is 10.1. The Balaban J connectivity index is 2.01. The van der Waals surface area contributed by atoms with Crippen LogP contribution >= 0.6 is 34.8 Å². The van der Waals surface area contributed by atoms with Gasteiger partial charge in [-0.2, -0.15) is 0 Å². The predicted octanol–water partition coefficient (Wildman–Crippen LogP) is 4.53. The molecule has 0 aliphatic rings. The number of nitrogens with zero attached hydrogens (tertiary/aromatic N) is 2. The van der Waals surface area contributed by atoms with Crippen molar-refractivity contribution in [2.24, 2.45) is 0 Å². The average Bonchev–Trinajstić information content (AvgIpc) is 2.89. The normalized spacial score (nSPS) is 11.8. The Labute approximate surface area is 140 Å². The first kappa shape index (κ1) is 15.2. The van der Waals surface area contributed by atoms with Crippen LogP contribution in [0.2, 0.25) is 0 Å². The van der Waals surface area contributed by atoms with Gasteiger partial charge in [0, 0.05) is 23.5 Å². The van der Waals surface area contributed by atoms with E-state index in [-0.39, 0.29) is 5.56 Å². The van der Waals surface area contributed by atoms with Gasteiger partial charge in [-0.25, -0.2) is 9.78 Å². The van der Waals surface area contributed by atoms with E-state index in [0.717, 1.165) is 5.56 Å².